The Morgan fingerprint density at radius 2 is 1.83 bits per heavy atom. The van der Waals surface area contributed by atoms with Gasteiger partial charge in [-0.2, -0.15) is 17.4 Å². The zero-order chi connectivity index (χ0) is 13.6. The van der Waals surface area contributed by atoms with Crippen molar-refractivity contribution in [1.82, 2.24) is 9.03 Å². The van der Waals surface area contributed by atoms with Gasteiger partial charge < -0.3 is 5.73 Å². The number of hydrogen-bond donors (Lipinski definition) is 2. The smallest absolute Gasteiger partial charge is 0.280 e. The minimum absolute atomic E-state index is 0.381. The number of rotatable bonds is 2. The number of anilines is 1. The summed E-state index contributed by atoms with van der Waals surface area (Å²) >= 11 is 0. The maximum atomic E-state index is 12.2. The quantitative estimate of drug-likeness (QED) is 0.793. The fraction of sp³-hybridized carbons (Fsp3) is 0.500. The molecule has 0 amide bonds. The van der Waals surface area contributed by atoms with Crippen LogP contribution in [0.15, 0.2) is 18.2 Å². The van der Waals surface area contributed by atoms with Crippen molar-refractivity contribution in [2.45, 2.75) is 39.4 Å². The van der Waals surface area contributed by atoms with Crippen LogP contribution in [0.5, 0.6) is 0 Å². The van der Waals surface area contributed by atoms with E-state index >= 15 is 0 Å². The van der Waals surface area contributed by atoms with Gasteiger partial charge in [-0.25, -0.2) is 0 Å². The third kappa shape index (κ3) is 2.82. The zero-order valence-electron chi connectivity index (χ0n) is 10.9. The summed E-state index contributed by atoms with van der Waals surface area (Å²) in [5.41, 5.74) is 7.89. The maximum absolute atomic E-state index is 12.2. The predicted octanol–water partition coefficient (Wildman–Crippen LogP) is 1.22. The van der Waals surface area contributed by atoms with Gasteiger partial charge in [0.2, 0.25) is 0 Å². The van der Waals surface area contributed by atoms with E-state index in [0.29, 0.717) is 18.8 Å². The lowest BCUT2D eigenvalue weighted by atomic mass is 10.1. The minimum Gasteiger partial charge on any atom is -0.399 e. The summed E-state index contributed by atoms with van der Waals surface area (Å²) in [6, 6.07) is 5.52. The first kappa shape index (κ1) is 13.3. The van der Waals surface area contributed by atoms with Crippen molar-refractivity contribution >= 4 is 15.9 Å². The lowest BCUT2D eigenvalue weighted by Crippen LogP contribution is -2.47. The highest BCUT2D eigenvalue weighted by Crippen LogP contribution is 2.26. The molecule has 1 aliphatic heterocycles. The number of fused-ring (bicyclic) bond motifs is 1. The highest BCUT2D eigenvalue weighted by atomic mass is 32.2. The molecule has 0 fully saturated rings. The summed E-state index contributed by atoms with van der Waals surface area (Å²) in [4.78, 5) is 0. The molecule has 0 bridgehead atoms. The van der Waals surface area contributed by atoms with Gasteiger partial charge in [0.05, 0.1) is 0 Å². The molecule has 0 aliphatic carbocycles. The van der Waals surface area contributed by atoms with E-state index in [9.17, 15) is 8.42 Å². The van der Waals surface area contributed by atoms with E-state index in [1.807, 2.05) is 32.9 Å². The highest BCUT2D eigenvalue weighted by molar-refractivity contribution is 7.87. The lowest BCUT2D eigenvalue weighted by Gasteiger charge is -2.24. The first-order chi connectivity index (χ1) is 8.17. The number of nitrogens with two attached hydrogens (primary N) is 1. The van der Waals surface area contributed by atoms with Crippen LogP contribution in [0.4, 0.5) is 5.69 Å². The third-order valence-corrected chi connectivity index (χ3v) is 4.51. The monoisotopic (exact) mass is 269 g/mol. The number of nitrogens with one attached hydrogen (secondary N) is 1. The third-order valence-electron chi connectivity index (χ3n) is 2.70. The van der Waals surface area contributed by atoms with Crippen molar-refractivity contribution in [3.8, 4) is 0 Å². The van der Waals surface area contributed by atoms with Crippen LogP contribution >= 0.6 is 0 Å². The molecule has 100 valence electrons. The molecular formula is C12H19N3O2S. The second-order valence-corrected chi connectivity index (χ2v) is 7.32. The SMILES string of the molecule is CC(C)(C)NS(=O)(=O)N1Cc2ccc(N)cc2C1. The average molecular weight is 269 g/mol. The number of hydrogen-bond acceptors (Lipinski definition) is 3. The van der Waals surface area contributed by atoms with Crippen molar-refractivity contribution in [2.75, 3.05) is 5.73 Å². The molecule has 6 heteroatoms. The maximum Gasteiger partial charge on any atom is 0.280 e. The zero-order valence-corrected chi connectivity index (χ0v) is 11.7. The molecule has 0 atom stereocenters. The predicted molar refractivity (Wildman–Crippen MR) is 71.9 cm³/mol. The van der Waals surface area contributed by atoms with Crippen LogP contribution in [0.1, 0.15) is 31.9 Å². The van der Waals surface area contributed by atoms with Crippen LogP contribution in [0.3, 0.4) is 0 Å². The molecule has 0 unspecified atom stereocenters. The minimum atomic E-state index is -3.46. The molecule has 2 rings (SSSR count). The Hall–Kier alpha value is -1.11. The molecule has 1 aliphatic rings. The molecule has 1 heterocycles. The molecular weight excluding hydrogens is 250 g/mol. The lowest BCUT2D eigenvalue weighted by molar-refractivity contribution is 0.397. The first-order valence-corrected chi connectivity index (χ1v) is 7.28. The Morgan fingerprint density at radius 1 is 1.22 bits per heavy atom. The van der Waals surface area contributed by atoms with E-state index in [-0.39, 0.29) is 0 Å². The topological polar surface area (TPSA) is 75.4 Å². The fourth-order valence-electron chi connectivity index (χ4n) is 2.00. The van der Waals surface area contributed by atoms with Gasteiger partial charge in [-0.3, -0.25) is 0 Å². The van der Waals surface area contributed by atoms with Crippen molar-refractivity contribution in [3.63, 3.8) is 0 Å². The van der Waals surface area contributed by atoms with Crippen LogP contribution in [0, 0.1) is 0 Å². The molecule has 0 saturated heterocycles. The van der Waals surface area contributed by atoms with Crippen LogP contribution in [0.25, 0.3) is 0 Å². The fourth-order valence-corrected chi connectivity index (χ4v) is 3.53. The summed E-state index contributed by atoms with van der Waals surface area (Å²) in [6.07, 6.45) is 0. The molecule has 0 aromatic heterocycles. The Labute approximate surface area is 108 Å². The summed E-state index contributed by atoms with van der Waals surface area (Å²) in [7, 11) is -3.46. The van der Waals surface area contributed by atoms with Crippen molar-refractivity contribution in [3.05, 3.63) is 29.3 Å². The van der Waals surface area contributed by atoms with Crippen molar-refractivity contribution in [2.24, 2.45) is 0 Å². The van der Waals surface area contributed by atoms with Gasteiger partial charge in [0.15, 0.2) is 0 Å². The van der Waals surface area contributed by atoms with Gasteiger partial charge in [-0.15, -0.1) is 0 Å². The normalized spacial score (nSPS) is 16.8. The summed E-state index contributed by atoms with van der Waals surface area (Å²) in [5, 5.41) is 0. The summed E-state index contributed by atoms with van der Waals surface area (Å²) in [6.45, 7) is 6.26. The van der Waals surface area contributed by atoms with Crippen molar-refractivity contribution in [1.29, 1.82) is 0 Å². The number of benzene rings is 1. The van der Waals surface area contributed by atoms with E-state index in [2.05, 4.69) is 4.72 Å². The molecule has 0 saturated carbocycles. The van der Waals surface area contributed by atoms with E-state index in [1.54, 1.807) is 6.07 Å². The van der Waals surface area contributed by atoms with Gasteiger partial charge in [-0.05, 0) is 44.0 Å². The number of nitrogen functional groups attached to an aromatic ring is 1. The number of nitrogens with zero attached hydrogens (tertiary/aromatic N) is 1. The van der Waals surface area contributed by atoms with E-state index in [4.69, 9.17) is 5.73 Å². The Bertz CT molecular complexity index is 561. The van der Waals surface area contributed by atoms with Crippen LogP contribution in [-0.4, -0.2) is 18.3 Å². The molecule has 1 aromatic rings. The van der Waals surface area contributed by atoms with Crippen LogP contribution < -0.4 is 10.5 Å². The molecule has 1 aromatic carbocycles. The van der Waals surface area contributed by atoms with E-state index in [1.165, 1.54) is 4.31 Å². The molecule has 3 N–H and O–H groups in total. The summed E-state index contributed by atoms with van der Waals surface area (Å²) in [5.74, 6) is 0. The summed E-state index contributed by atoms with van der Waals surface area (Å²) < 4.78 is 28.5. The first-order valence-electron chi connectivity index (χ1n) is 5.84. The molecule has 18 heavy (non-hydrogen) atoms. The second kappa shape index (κ2) is 4.22. The van der Waals surface area contributed by atoms with Crippen LogP contribution in [0.2, 0.25) is 0 Å². The molecule has 5 nitrogen and oxygen atoms in total. The second-order valence-electron chi connectivity index (χ2n) is 5.65. The van der Waals surface area contributed by atoms with Crippen molar-refractivity contribution < 1.29 is 8.42 Å². The Morgan fingerprint density at radius 3 is 2.44 bits per heavy atom. The molecule has 0 spiro atoms. The van der Waals surface area contributed by atoms with Gasteiger partial charge in [0, 0.05) is 24.3 Å². The van der Waals surface area contributed by atoms with E-state index in [0.717, 1.165) is 11.1 Å². The Kier molecular flexibility index (Phi) is 3.12. The van der Waals surface area contributed by atoms with Gasteiger partial charge >= 0.3 is 0 Å². The van der Waals surface area contributed by atoms with Gasteiger partial charge in [-0.1, -0.05) is 6.07 Å². The van der Waals surface area contributed by atoms with E-state index < -0.39 is 15.7 Å². The largest absolute Gasteiger partial charge is 0.399 e. The standard InChI is InChI=1S/C12H19N3O2S/c1-12(2,3)14-18(16,17)15-7-9-4-5-11(13)6-10(9)8-15/h4-6,14H,7-8,13H2,1-3H3. The molecule has 0 radical (unpaired) electrons. The van der Waals surface area contributed by atoms with Gasteiger partial charge in [0.25, 0.3) is 10.2 Å². The average Bonchev–Trinajstić information content (AvgIpc) is 2.57. The van der Waals surface area contributed by atoms with Crippen LogP contribution in [-0.2, 0) is 23.3 Å². The van der Waals surface area contributed by atoms with Gasteiger partial charge in [0.1, 0.15) is 0 Å². The highest BCUT2D eigenvalue weighted by Gasteiger charge is 2.31. The Balaban J connectivity index is 2.21.